The SMILES string of the molecule is Cc1nnc(NCCCNC(=O)c2cccc(F)c2)c(C#N)c1C. The summed E-state index contributed by atoms with van der Waals surface area (Å²) in [5.41, 5.74) is 2.29. The van der Waals surface area contributed by atoms with E-state index in [9.17, 15) is 14.4 Å². The lowest BCUT2D eigenvalue weighted by Gasteiger charge is -2.10. The highest BCUT2D eigenvalue weighted by atomic mass is 19.1. The molecule has 0 saturated heterocycles. The lowest BCUT2D eigenvalue weighted by Crippen LogP contribution is -2.26. The van der Waals surface area contributed by atoms with Gasteiger partial charge in [-0.05, 0) is 44.0 Å². The molecule has 124 valence electrons. The standard InChI is InChI=1S/C17H18FN5O/c1-11-12(2)22-23-16(15(11)10-19)20-7-4-8-21-17(24)13-5-3-6-14(18)9-13/h3,5-6,9H,4,7-8H2,1-2H3,(H,20,23)(H,21,24). The van der Waals surface area contributed by atoms with E-state index < -0.39 is 5.82 Å². The van der Waals surface area contributed by atoms with E-state index in [4.69, 9.17) is 0 Å². The van der Waals surface area contributed by atoms with Crippen LogP contribution in [0.4, 0.5) is 10.2 Å². The van der Waals surface area contributed by atoms with Gasteiger partial charge in [-0.3, -0.25) is 4.79 Å². The minimum Gasteiger partial charge on any atom is -0.367 e. The second-order valence-corrected chi connectivity index (χ2v) is 5.29. The van der Waals surface area contributed by atoms with E-state index >= 15 is 0 Å². The smallest absolute Gasteiger partial charge is 0.251 e. The number of nitrogens with one attached hydrogen (secondary N) is 2. The van der Waals surface area contributed by atoms with Gasteiger partial charge in [0.1, 0.15) is 17.4 Å². The summed E-state index contributed by atoms with van der Waals surface area (Å²) in [7, 11) is 0. The van der Waals surface area contributed by atoms with Crippen molar-refractivity contribution < 1.29 is 9.18 Å². The van der Waals surface area contributed by atoms with E-state index in [1.54, 1.807) is 13.0 Å². The molecule has 0 bridgehead atoms. The van der Waals surface area contributed by atoms with Crippen molar-refractivity contribution in [1.82, 2.24) is 15.5 Å². The number of anilines is 1. The zero-order chi connectivity index (χ0) is 17.5. The maximum Gasteiger partial charge on any atom is 0.251 e. The number of hydrogen-bond acceptors (Lipinski definition) is 5. The zero-order valence-electron chi connectivity index (χ0n) is 13.6. The molecule has 0 unspecified atom stereocenters. The lowest BCUT2D eigenvalue weighted by molar-refractivity contribution is 0.0953. The van der Waals surface area contributed by atoms with Crippen molar-refractivity contribution in [3.63, 3.8) is 0 Å². The first-order chi connectivity index (χ1) is 11.5. The number of hydrogen-bond donors (Lipinski definition) is 2. The largest absolute Gasteiger partial charge is 0.367 e. The summed E-state index contributed by atoms with van der Waals surface area (Å²) in [6, 6.07) is 7.65. The van der Waals surface area contributed by atoms with Gasteiger partial charge in [0, 0.05) is 18.7 Å². The molecule has 0 atom stereocenters. The van der Waals surface area contributed by atoms with Crippen LogP contribution in [0.2, 0.25) is 0 Å². The quantitative estimate of drug-likeness (QED) is 0.795. The number of nitrogens with zero attached hydrogens (tertiary/aromatic N) is 3. The van der Waals surface area contributed by atoms with Crippen LogP contribution in [0.25, 0.3) is 0 Å². The summed E-state index contributed by atoms with van der Waals surface area (Å²) < 4.78 is 13.1. The molecular weight excluding hydrogens is 309 g/mol. The molecule has 0 saturated carbocycles. The van der Waals surface area contributed by atoms with Gasteiger partial charge in [0.25, 0.3) is 5.91 Å². The van der Waals surface area contributed by atoms with E-state index in [2.05, 4.69) is 26.9 Å². The Hall–Kier alpha value is -3.01. The van der Waals surface area contributed by atoms with Gasteiger partial charge in [-0.15, -0.1) is 5.10 Å². The number of carbonyl (C=O) groups is 1. The third-order valence-electron chi connectivity index (χ3n) is 3.58. The van der Waals surface area contributed by atoms with E-state index in [1.165, 1.54) is 18.2 Å². The number of benzene rings is 1. The Morgan fingerprint density at radius 1 is 1.29 bits per heavy atom. The molecule has 6 nitrogen and oxygen atoms in total. The molecule has 1 aromatic heterocycles. The Labute approximate surface area is 139 Å². The van der Waals surface area contributed by atoms with Crippen molar-refractivity contribution in [2.45, 2.75) is 20.3 Å². The fourth-order valence-electron chi connectivity index (χ4n) is 2.10. The molecule has 2 N–H and O–H groups in total. The van der Waals surface area contributed by atoms with Gasteiger partial charge < -0.3 is 10.6 Å². The first kappa shape index (κ1) is 17.3. The Morgan fingerprint density at radius 2 is 2.08 bits per heavy atom. The molecule has 0 aliphatic heterocycles. The summed E-state index contributed by atoms with van der Waals surface area (Å²) in [6.45, 7) is 4.57. The van der Waals surface area contributed by atoms with Crippen molar-refractivity contribution in [1.29, 1.82) is 5.26 Å². The molecule has 0 radical (unpaired) electrons. The number of aromatic nitrogens is 2. The molecule has 0 fully saturated rings. The molecule has 7 heteroatoms. The topological polar surface area (TPSA) is 90.7 Å². The highest BCUT2D eigenvalue weighted by molar-refractivity contribution is 5.94. The van der Waals surface area contributed by atoms with Crippen molar-refractivity contribution in [3.05, 3.63) is 52.5 Å². The van der Waals surface area contributed by atoms with Gasteiger partial charge in [-0.2, -0.15) is 10.4 Å². The zero-order valence-corrected chi connectivity index (χ0v) is 13.6. The first-order valence-electron chi connectivity index (χ1n) is 7.54. The summed E-state index contributed by atoms with van der Waals surface area (Å²) in [5, 5.41) is 22.9. The van der Waals surface area contributed by atoms with Crippen LogP contribution in [0.5, 0.6) is 0 Å². The average molecular weight is 327 g/mol. The van der Waals surface area contributed by atoms with Crippen molar-refractivity contribution in [2.75, 3.05) is 18.4 Å². The van der Waals surface area contributed by atoms with E-state index in [1.807, 2.05) is 6.92 Å². The normalized spacial score (nSPS) is 10.1. The highest BCUT2D eigenvalue weighted by Crippen LogP contribution is 2.16. The minimum atomic E-state index is -0.443. The van der Waals surface area contributed by atoms with E-state index in [-0.39, 0.29) is 11.5 Å². The molecular formula is C17H18FN5O. The molecule has 1 amide bonds. The molecule has 24 heavy (non-hydrogen) atoms. The minimum absolute atomic E-state index is 0.287. The highest BCUT2D eigenvalue weighted by Gasteiger charge is 2.10. The summed E-state index contributed by atoms with van der Waals surface area (Å²) in [5.74, 6) is -0.322. The van der Waals surface area contributed by atoms with Crippen LogP contribution >= 0.6 is 0 Å². The summed E-state index contributed by atoms with van der Waals surface area (Å²) in [4.78, 5) is 11.8. The number of amides is 1. The van der Waals surface area contributed by atoms with Gasteiger partial charge in [0.2, 0.25) is 0 Å². The van der Waals surface area contributed by atoms with E-state index in [0.717, 1.165) is 11.3 Å². The van der Waals surface area contributed by atoms with E-state index in [0.29, 0.717) is 30.9 Å². The number of carbonyl (C=O) groups excluding carboxylic acids is 1. The van der Waals surface area contributed by atoms with Crippen LogP contribution in [-0.2, 0) is 0 Å². The fraction of sp³-hybridized carbons (Fsp3) is 0.294. The Morgan fingerprint density at radius 3 is 2.79 bits per heavy atom. The van der Waals surface area contributed by atoms with Crippen LogP contribution in [0, 0.1) is 31.0 Å². The molecule has 1 aromatic carbocycles. The van der Waals surface area contributed by atoms with Gasteiger partial charge in [0.05, 0.1) is 5.69 Å². The van der Waals surface area contributed by atoms with Crippen LogP contribution in [0.3, 0.4) is 0 Å². The van der Waals surface area contributed by atoms with Gasteiger partial charge in [0.15, 0.2) is 5.82 Å². The second-order valence-electron chi connectivity index (χ2n) is 5.29. The monoisotopic (exact) mass is 327 g/mol. The molecule has 0 aliphatic rings. The third-order valence-corrected chi connectivity index (χ3v) is 3.58. The maximum absolute atomic E-state index is 13.1. The van der Waals surface area contributed by atoms with Crippen LogP contribution < -0.4 is 10.6 Å². The fourth-order valence-corrected chi connectivity index (χ4v) is 2.10. The number of aryl methyl sites for hydroxylation is 1. The first-order valence-corrected chi connectivity index (χ1v) is 7.54. The predicted molar refractivity (Wildman–Crippen MR) is 88.1 cm³/mol. The second kappa shape index (κ2) is 8.02. The summed E-state index contributed by atoms with van der Waals surface area (Å²) in [6.07, 6.45) is 0.626. The van der Waals surface area contributed by atoms with Crippen LogP contribution in [-0.4, -0.2) is 29.2 Å². The molecule has 0 aliphatic carbocycles. The molecule has 0 spiro atoms. The van der Waals surface area contributed by atoms with Crippen LogP contribution in [0.1, 0.15) is 33.6 Å². The number of nitriles is 1. The number of rotatable bonds is 6. The maximum atomic E-state index is 13.1. The Kier molecular flexibility index (Phi) is 5.79. The molecule has 2 aromatic rings. The van der Waals surface area contributed by atoms with Gasteiger partial charge in [-0.1, -0.05) is 6.07 Å². The third kappa shape index (κ3) is 4.26. The Balaban J connectivity index is 1.81. The Bertz CT molecular complexity index is 785. The van der Waals surface area contributed by atoms with Crippen LogP contribution in [0.15, 0.2) is 24.3 Å². The van der Waals surface area contributed by atoms with Crippen molar-refractivity contribution in [2.24, 2.45) is 0 Å². The van der Waals surface area contributed by atoms with Crippen molar-refractivity contribution >= 4 is 11.7 Å². The summed E-state index contributed by atoms with van der Waals surface area (Å²) >= 11 is 0. The predicted octanol–water partition coefficient (Wildman–Crippen LogP) is 2.34. The average Bonchev–Trinajstić information content (AvgIpc) is 2.57. The van der Waals surface area contributed by atoms with Gasteiger partial charge >= 0.3 is 0 Å². The van der Waals surface area contributed by atoms with Crippen molar-refractivity contribution in [3.8, 4) is 6.07 Å². The van der Waals surface area contributed by atoms with Gasteiger partial charge in [-0.25, -0.2) is 4.39 Å². The number of halogens is 1. The molecule has 2 rings (SSSR count). The lowest BCUT2D eigenvalue weighted by atomic mass is 10.1. The molecule has 1 heterocycles.